The molecule has 0 aromatic carbocycles. The van der Waals surface area contributed by atoms with Gasteiger partial charge in [0, 0.05) is 18.8 Å². The minimum absolute atomic E-state index is 0.132. The monoisotopic (exact) mass is 280 g/mol. The van der Waals surface area contributed by atoms with Gasteiger partial charge >= 0.3 is 5.97 Å². The highest BCUT2D eigenvalue weighted by molar-refractivity contribution is 5.89. The number of likely N-dealkylation sites (N-methyl/N-ethyl adjacent to an activating group) is 1. The fourth-order valence-corrected chi connectivity index (χ4v) is 2.20. The minimum atomic E-state index is -1.27. The Labute approximate surface area is 117 Å². The van der Waals surface area contributed by atoms with E-state index in [1.165, 1.54) is 4.57 Å². The standard InChI is InChI=1S/C14H20N2O4/c1-5-15(6-2)11(17)8-16-10(4)7-9(3)12(13(16)18)14(19)20/h7H,5-6,8H2,1-4H3,(H,19,20). The fraction of sp³-hybridized carbons (Fsp3) is 0.500. The molecule has 0 saturated heterocycles. The topological polar surface area (TPSA) is 79.6 Å². The maximum atomic E-state index is 12.2. The first kappa shape index (κ1) is 15.9. The van der Waals surface area contributed by atoms with E-state index in [1.807, 2.05) is 13.8 Å². The SMILES string of the molecule is CCN(CC)C(=O)Cn1c(C)cc(C)c(C(=O)O)c1=O. The lowest BCUT2D eigenvalue weighted by Gasteiger charge is -2.20. The van der Waals surface area contributed by atoms with Crippen LogP contribution in [0.3, 0.4) is 0 Å². The number of pyridine rings is 1. The normalized spacial score (nSPS) is 10.4. The van der Waals surface area contributed by atoms with Crippen molar-refractivity contribution in [3.8, 4) is 0 Å². The highest BCUT2D eigenvalue weighted by atomic mass is 16.4. The van der Waals surface area contributed by atoms with Gasteiger partial charge in [0.2, 0.25) is 5.91 Å². The van der Waals surface area contributed by atoms with Crippen molar-refractivity contribution in [3.63, 3.8) is 0 Å². The fourth-order valence-electron chi connectivity index (χ4n) is 2.20. The van der Waals surface area contributed by atoms with Gasteiger partial charge in [-0.2, -0.15) is 0 Å². The molecule has 1 heterocycles. The summed E-state index contributed by atoms with van der Waals surface area (Å²) in [7, 11) is 0. The lowest BCUT2D eigenvalue weighted by Crippen LogP contribution is -2.38. The van der Waals surface area contributed by atoms with E-state index in [2.05, 4.69) is 0 Å². The third-order valence-corrected chi connectivity index (χ3v) is 3.33. The Morgan fingerprint density at radius 3 is 2.25 bits per heavy atom. The number of carboxylic acids is 1. The highest BCUT2D eigenvalue weighted by Gasteiger charge is 2.19. The summed E-state index contributed by atoms with van der Waals surface area (Å²) in [6, 6.07) is 1.61. The third kappa shape index (κ3) is 3.07. The van der Waals surface area contributed by atoms with E-state index in [0.717, 1.165) is 0 Å². The van der Waals surface area contributed by atoms with Crippen LogP contribution in [0.1, 0.15) is 35.5 Å². The molecule has 0 aliphatic rings. The Hall–Kier alpha value is -2.11. The van der Waals surface area contributed by atoms with Crippen molar-refractivity contribution >= 4 is 11.9 Å². The van der Waals surface area contributed by atoms with E-state index in [9.17, 15) is 14.4 Å². The largest absolute Gasteiger partial charge is 0.477 e. The summed E-state index contributed by atoms with van der Waals surface area (Å²) < 4.78 is 1.22. The van der Waals surface area contributed by atoms with Gasteiger partial charge in [0.25, 0.3) is 5.56 Å². The van der Waals surface area contributed by atoms with Gasteiger partial charge in [-0.25, -0.2) is 4.79 Å². The van der Waals surface area contributed by atoms with Gasteiger partial charge in [-0.15, -0.1) is 0 Å². The number of hydrogen-bond acceptors (Lipinski definition) is 3. The van der Waals surface area contributed by atoms with Gasteiger partial charge in [0.05, 0.1) is 0 Å². The van der Waals surface area contributed by atoms with Gasteiger partial charge in [0.15, 0.2) is 0 Å². The van der Waals surface area contributed by atoms with Crippen molar-refractivity contribution < 1.29 is 14.7 Å². The zero-order valence-electron chi connectivity index (χ0n) is 12.3. The van der Waals surface area contributed by atoms with Crippen molar-refractivity contribution in [3.05, 3.63) is 33.2 Å². The molecule has 0 fully saturated rings. The molecule has 1 aromatic rings. The van der Waals surface area contributed by atoms with Crippen LogP contribution in [0.4, 0.5) is 0 Å². The predicted molar refractivity (Wildman–Crippen MR) is 75.1 cm³/mol. The predicted octanol–water partition coefficient (Wildman–Crippen LogP) is 1.03. The Morgan fingerprint density at radius 2 is 1.80 bits per heavy atom. The van der Waals surface area contributed by atoms with E-state index in [-0.39, 0.29) is 18.0 Å². The van der Waals surface area contributed by atoms with Gasteiger partial charge < -0.3 is 14.6 Å². The van der Waals surface area contributed by atoms with Gasteiger partial charge in [0.1, 0.15) is 12.1 Å². The van der Waals surface area contributed by atoms with Crippen LogP contribution in [0.5, 0.6) is 0 Å². The van der Waals surface area contributed by atoms with Crippen molar-refractivity contribution in [2.45, 2.75) is 34.2 Å². The number of carbonyl (C=O) groups is 2. The van der Waals surface area contributed by atoms with Gasteiger partial charge in [-0.05, 0) is 39.3 Å². The van der Waals surface area contributed by atoms with Crippen molar-refractivity contribution in [1.29, 1.82) is 0 Å². The molecule has 0 aliphatic carbocycles. The third-order valence-electron chi connectivity index (χ3n) is 3.33. The second kappa shape index (κ2) is 6.36. The first-order valence-electron chi connectivity index (χ1n) is 6.55. The minimum Gasteiger partial charge on any atom is -0.477 e. The number of amides is 1. The Morgan fingerprint density at radius 1 is 1.25 bits per heavy atom. The number of hydrogen-bond donors (Lipinski definition) is 1. The summed E-state index contributed by atoms with van der Waals surface area (Å²) in [5.41, 5.74) is 0.0861. The quantitative estimate of drug-likeness (QED) is 0.873. The molecule has 1 N–H and O–H groups in total. The molecule has 0 aliphatic heterocycles. The van der Waals surface area contributed by atoms with Crippen LogP contribution >= 0.6 is 0 Å². The molecular weight excluding hydrogens is 260 g/mol. The molecule has 1 rings (SSSR count). The Bertz CT molecular complexity index is 586. The Balaban J connectivity index is 3.26. The lowest BCUT2D eigenvalue weighted by atomic mass is 10.1. The van der Waals surface area contributed by atoms with Gasteiger partial charge in [-0.1, -0.05) is 0 Å². The maximum Gasteiger partial charge on any atom is 0.341 e. The number of rotatable bonds is 5. The summed E-state index contributed by atoms with van der Waals surface area (Å²) in [4.78, 5) is 37.0. The smallest absolute Gasteiger partial charge is 0.341 e. The number of nitrogens with zero attached hydrogens (tertiary/aromatic N) is 2. The summed E-state index contributed by atoms with van der Waals surface area (Å²) in [6.07, 6.45) is 0. The number of aryl methyl sites for hydroxylation is 2. The second-order valence-electron chi connectivity index (χ2n) is 4.61. The van der Waals surface area contributed by atoms with E-state index >= 15 is 0 Å². The van der Waals surface area contributed by atoms with Crippen LogP contribution in [-0.4, -0.2) is 39.5 Å². The molecular formula is C14H20N2O4. The molecule has 20 heavy (non-hydrogen) atoms. The highest BCUT2D eigenvalue weighted by Crippen LogP contribution is 2.07. The molecule has 6 nitrogen and oxygen atoms in total. The number of aromatic carboxylic acids is 1. The van der Waals surface area contributed by atoms with Crippen LogP contribution in [-0.2, 0) is 11.3 Å². The number of aromatic nitrogens is 1. The molecule has 0 radical (unpaired) electrons. The van der Waals surface area contributed by atoms with E-state index in [4.69, 9.17) is 5.11 Å². The molecule has 1 amide bonds. The molecule has 6 heteroatoms. The molecule has 0 bridgehead atoms. The molecule has 1 aromatic heterocycles. The number of carbonyl (C=O) groups excluding carboxylic acids is 1. The molecule has 0 saturated carbocycles. The maximum absolute atomic E-state index is 12.2. The Kier molecular flexibility index (Phi) is 5.07. The molecule has 0 unspecified atom stereocenters. The summed E-state index contributed by atoms with van der Waals surface area (Å²) in [5.74, 6) is -1.46. The van der Waals surface area contributed by atoms with Crippen LogP contribution in [0, 0.1) is 13.8 Å². The van der Waals surface area contributed by atoms with E-state index in [0.29, 0.717) is 24.3 Å². The number of carboxylic acid groups (broad SMARTS) is 1. The molecule has 0 atom stereocenters. The van der Waals surface area contributed by atoms with Crippen molar-refractivity contribution in [2.24, 2.45) is 0 Å². The second-order valence-corrected chi connectivity index (χ2v) is 4.61. The molecule has 0 spiro atoms. The zero-order chi connectivity index (χ0) is 15.4. The molecule has 110 valence electrons. The summed E-state index contributed by atoms with van der Waals surface area (Å²) in [6.45, 7) is 7.96. The lowest BCUT2D eigenvalue weighted by molar-refractivity contribution is -0.131. The average molecular weight is 280 g/mol. The summed E-state index contributed by atoms with van der Waals surface area (Å²) >= 11 is 0. The van der Waals surface area contributed by atoms with Crippen LogP contribution in [0.15, 0.2) is 10.9 Å². The van der Waals surface area contributed by atoms with E-state index < -0.39 is 11.5 Å². The van der Waals surface area contributed by atoms with Crippen molar-refractivity contribution in [2.75, 3.05) is 13.1 Å². The van der Waals surface area contributed by atoms with Crippen molar-refractivity contribution in [1.82, 2.24) is 9.47 Å². The first-order valence-corrected chi connectivity index (χ1v) is 6.55. The van der Waals surface area contributed by atoms with E-state index in [1.54, 1.807) is 24.8 Å². The average Bonchev–Trinajstić information content (AvgIpc) is 2.35. The zero-order valence-corrected chi connectivity index (χ0v) is 12.3. The van der Waals surface area contributed by atoms with Crippen LogP contribution in [0.2, 0.25) is 0 Å². The van der Waals surface area contributed by atoms with Crippen LogP contribution < -0.4 is 5.56 Å². The van der Waals surface area contributed by atoms with Crippen LogP contribution in [0.25, 0.3) is 0 Å². The summed E-state index contributed by atoms with van der Waals surface area (Å²) in [5, 5.41) is 9.09. The first-order chi connectivity index (χ1) is 9.33. The van der Waals surface area contributed by atoms with Gasteiger partial charge in [-0.3, -0.25) is 9.59 Å².